The Morgan fingerprint density at radius 2 is 1.87 bits per heavy atom. The third-order valence-corrected chi connectivity index (χ3v) is 4.83. The van der Waals surface area contributed by atoms with Crippen molar-refractivity contribution in [2.24, 2.45) is 5.92 Å². The molecule has 0 radical (unpaired) electrons. The molecule has 1 atom stereocenters. The van der Waals surface area contributed by atoms with Crippen molar-refractivity contribution in [1.29, 1.82) is 0 Å². The Morgan fingerprint density at radius 1 is 1.13 bits per heavy atom. The van der Waals surface area contributed by atoms with Crippen LogP contribution in [0.1, 0.15) is 49.7 Å². The number of carbonyl (C=O) groups excluding carboxylic acids is 2. The number of benzene rings is 1. The fourth-order valence-electron chi connectivity index (χ4n) is 3.19. The minimum Gasteiger partial charge on any atom is -0.452 e. The van der Waals surface area contributed by atoms with E-state index in [2.05, 4.69) is 29.3 Å². The van der Waals surface area contributed by atoms with E-state index in [4.69, 9.17) is 9.26 Å². The summed E-state index contributed by atoms with van der Waals surface area (Å²) in [5, 5.41) is 7.27. The van der Waals surface area contributed by atoms with Crippen molar-refractivity contribution in [3.8, 4) is 11.3 Å². The van der Waals surface area contributed by atoms with Gasteiger partial charge in [0.2, 0.25) is 0 Å². The summed E-state index contributed by atoms with van der Waals surface area (Å²) in [6, 6.07) is 11.1. The fourth-order valence-corrected chi connectivity index (χ4v) is 3.19. The van der Waals surface area contributed by atoms with Gasteiger partial charge in [-0.2, -0.15) is 0 Å². The van der Waals surface area contributed by atoms with Crippen molar-refractivity contribution in [2.45, 2.75) is 46.6 Å². The van der Waals surface area contributed by atoms with Crippen molar-refractivity contribution in [3.63, 3.8) is 0 Å². The van der Waals surface area contributed by atoms with E-state index < -0.39 is 5.97 Å². The molecule has 1 unspecified atom stereocenters. The molecule has 0 spiro atoms. The fraction of sp³-hybridized carbons (Fsp3) is 0.391. The number of rotatable bonds is 8. The third-order valence-electron chi connectivity index (χ3n) is 4.83. The van der Waals surface area contributed by atoms with Crippen LogP contribution in [0.3, 0.4) is 0 Å². The normalized spacial score (nSPS) is 12.2. The molecule has 1 amide bonds. The van der Waals surface area contributed by atoms with Gasteiger partial charge in [-0.15, -0.1) is 0 Å². The van der Waals surface area contributed by atoms with Gasteiger partial charge in [0.25, 0.3) is 11.6 Å². The van der Waals surface area contributed by atoms with Crippen molar-refractivity contribution >= 4 is 23.0 Å². The molecule has 7 heteroatoms. The highest BCUT2D eigenvalue weighted by atomic mass is 16.5. The van der Waals surface area contributed by atoms with E-state index in [1.165, 1.54) is 0 Å². The summed E-state index contributed by atoms with van der Waals surface area (Å²) in [7, 11) is 0. The van der Waals surface area contributed by atoms with Gasteiger partial charge in [0.05, 0.1) is 22.3 Å². The number of nitrogens with zero attached hydrogens (tertiary/aromatic N) is 2. The minimum atomic E-state index is -0.615. The van der Waals surface area contributed by atoms with Crippen molar-refractivity contribution in [3.05, 3.63) is 47.7 Å². The Balaban J connectivity index is 1.74. The molecular formula is C23H27N3O4. The second kappa shape index (κ2) is 9.52. The van der Waals surface area contributed by atoms with Crippen molar-refractivity contribution < 1.29 is 18.8 Å². The first-order valence-corrected chi connectivity index (χ1v) is 10.1. The number of pyridine rings is 1. The van der Waals surface area contributed by atoms with Crippen LogP contribution in [0.5, 0.6) is 0 Å². The van der Waals surface area contributed by atoms with Crippen molar-refractivity contribution in [2.75, 3.05) is 6.61 Å². The van der Waals surface area contributed by atoms with Gasteiger partial charge in [-0.05, 0) is 38.7 Å². The molecular weight excluding hydrogens is 382 g/mol. The molecule has 1 N–H and O–H groups in total. The molecule has 7 nitrogen and oxygen atoms in total. The monoisotopic (exact) mass is 409 g/mol. The van der Waals surface area contributed by atoms with E-state index in [1.54, 1.807) is 13.0 Å². The first kappa shape index (κ1) is 21.5. The van der Waals surface area contributed by atoms with Crippen LogP contribution in [0.25, 0.3) is 22.4 Å². The highest BCUT2D eigenvalue weighted by Gasteiger charge is 2.21. The Bertz CT molecular complexity index is 1030. The molecule has 0 fully saturated rings. The molecule has 0 saturated heterocycles. The van der Waals surface area contributed by atoms with Crippen molar-refractivity contribution in [1.82, 2.24) is 15.5 Å². The van der Waals surface area contributed by atoms with Gasteiger partial charge in [0.1, 0.15) is 0 Å². The van der Waals surface area contributed by atoms with Crippen LogP contribution in [-0.4, -0.2) is 34.7 Å². The van der Waals surface area contributed by atoms with Crippen LogP contribution in [0.4, 0.5) is 0 Å². The van der Waals surface area contributed by atoms with E-state index in [9.17, 15) is 9.59 Å². The number of nitrogens with one attached hydrogen (secondary N) is 1. The van der Waals surface area contributed by atoms with Gasteiger partial charge >= 0.3 is 5.97 Å². The molecule has 2 aromatic heterocycles. The molecule has 1 aromatic carbocycles. The van der Waals surface area contributed by atoms with Gasteiger partial charge in [0, 0.05) is 11.6 Å². The van der Waals surface area contributed by atoms with Crippen LogP contribution in [0.2, 0.25) is 0 Å². The maximum absolute atomic E-state index is 12.8. The Kier molecular flexibility index (Phi) is 6.82. The van der Waals surface area contributed by atoms with Crippen LogP contribution in [0, 0.1) is 12.8 Å². The van der Waals surface area contributed by atoms with Gasteiger partial charge in [0.15, 0.2) is 6.61 Å². The molecule has 158 valence electrons. The van der Waals surface area contributed by atoms with Crippen LogP contribution in [0.15, 0.2) is 40.9 Å². The maximum atomic E-state index is 12.8. The number of hydrogen-bond acceptors (Lipinski definition) is 6. The molecule has 0 aliphatic carbocycles. The van der Waals surface area contributed by atoms with Gasteiger partial charge in [-0.1, -0.05) is 49.3 Å². The SMILES string of the molecule is Cc1noc2nc(-c3ccccc3)cc(C(=O)OCC(=O)NC(C)CCC(C)C)c12. The molecule has 0 aliphatic heterocycles. The smallest absolute Gasteiger partial charge is 0.339 e. The van der Waals surface area contributed by atoms with E-state index in [0.29, 0.717) is 22.7 Å². The zero-order valence-electron chi connectivity index (χ0n) is 17.8. The van der Waals surface area contributed by atoms with Crippen LogP contribution >= 0.6 is 0 Å². The lowest BCUT2D eigenvalue weighted by Gasteiger charge is -2.15. The third kappa shape index (κ3) is 5.23. The molecule has 0 aliphatic rings. The number of hydrogen-bond donors (Lipinski definition) is 1. The Labute approximate surface area is 175 Å². The molecule has 3 aromatic rings. The second-order valence-corrected chi connectivity index (χ2v) is 7.89. The van der Waals surface area contributed by atoms with Gasteiger partial charge in [-0.3, -0.25) is 4.79 Å². The topological polar surface area (TPSA) is 94.3 Å². The molecule has 2 heterocycles. The lowest BCUT2D eigenvalue weighted by Crippen LogP contribution is -2.36. The summed E-state index contributed by atoms with van der Waals surface area (Å²) >= 11 is 0. The average Bonchev–Trinajstić information content (AvgIpc) is 3.11. The van der Waals surface area contributed by atoms with E-state index >= 15 is 0 Å². The summed E-state index contributed by atoms with van der Waals surface area (Å²) in [5.74, 6) is -0.368. The first-order valence-electron chi connectivity index (χ1n) is 10.1. The lowest BCUT2D eigenvalue weighted by molar-refractivity contribution is -0.124. The molecule has 0 saturated carbocycles. The van der Waals surface area contributed by atoms with E-state index in [1.807, 2.05) is 37.3 Å². The molecule has 0 bridgehead atoms. The van der Waals surface area contributed by atoms with Crippen LogP contribution in [-0.2, 0) is 9.53 Å². The quantitative estimate of drug-likeness (QED) is 0.558. The standard InChI is InChI=1S/C23H27N3O4/c1-14(2)10-11-15(3)24-20(27)13-29-23(28)18-12-19(17-8-6-5-7-9-17)25-22-21(18)16(4)26-30-22/h5-9,12,14-15H,10-11,13H2,1-4H3,(H,24,27). The largest absolute Gasteiger partial charge is 0.452 e. The lowest BCUT2D eigenvalue weighted by atomic mass is 10.0. The average molecular weight is 409 g/mol. The Hall–Kier alpha value is -3.22. The zero-order chi connectivity index (χ0) is 21.7. The highest BCUT2D eigenvalue weighted by molar-refractivity contribution is 6.04. The number of fused-ring (bicyclic) bond motifs is 1. The summed E-state index contributed by atoms with van der Waals surface area (Å²) in [5.41, 5.74) is 2.47. The van der Waals surface area contributed by atoms with Gasteiger partial charge < -0.3 is 14.6 Å². The molecule has 30 heavy (non-hydrogen) atoms. The number of carbonyl (C=O) groups is 2. The first-order chi connectivity index (χ1) is 14.3. The van der Waals surface area contributed by atoms with E-state index in [-0.39, 0.29) is 29.8 Å². The Morgan fingerprint density at radius 3 is 2.57 bits per heavy atom. The summed E-state index contributed by atoms with van der Waals surface area (Å²) in [4.78, 5) is 29.4. The predicted octanol–water partition coefficient (Wildman–Crippen LogP) is 4.30. The number of ether oxygens (including phenoxy) is 1. The molecule has 3 rings (SSSR count). The zero-order valence-corrected chi connectivity index (χ0v) is 17.8. The van der Waals surface area contributed by atoms with E-state index in [0.717, 1.165) is 18.4 Å². The number of amides is 1. The summed E-state index contributed by atoms with van der Waals surface area (Å²) < 4.78 is 10.6. The minimum absolute atomic E-state index is 0.0243. The highest BCUT2D eigenvalue weighted by Crippen LogP contribution is 2.27. The number of aromatic nitrogens is 2. The van der Waals surface area contributed by atoms with Gasteiger partial charge in [-0.25, -0.2) is 9.78 Å². The number of aryl methyl sites for hydroxylation is 1. The summed E-state index contributed by atoms with van der Waals surface area (Å²) in [6.45, 7) is 7.61. The summed E-state index contributed by atoms with van der Waals surface area (Å²) in [6.07, 6.45) is 1.90. The maximum Gasteiger partial charge on any atom is 0.339 e. The van der Waals surface area contributed by atoms with Crippen LogP contribution < -0.4 is 5.32 Å². The second-order valence-electron chi connectivity index (χ2n) is 7.89. The predicted molar refractivity (Wildman–Crippen MR) is 114 cm³/mol. The number of esters is 1.